The van der Waals surface area contributed by atoms with Crippen molar-refractivity contribution in [2.75, 3.05) is 6.61 Å². The van der Waals surface area contributed by atoms with Crippen LogP contribution >= 0.6 is 0 Å². The number of ether oxygens (including phenoxy) is 1. The van der Waals surface area contributed by atoms with Crippen LogP contribution in [-0.2, 0) is 0 Å². The fourth-order valence-electron chi connectivity index (χ4n) is 3.67. The molecule has 0 saturated heterocycles. The molecule has 0 radical (unpaired) electrons. The number of hydrogen-bond acceptors (Lipinski definition) is 4. The lowest BCUT2D eigenvalue weighted by atomic mass is 10.1. The SMILES string of the molecule is Cc1c(F)cccc1-c1nc(C)c2c(C)nc3ccc(OCC4CC4)nc3n12. The Bertz CT molecular complexity index is 1230. The van der Waals surface area contributed by atoms with Crippen molar-refractivity contribution >= 4 is 16.7 Å². The Morgan fingerprint density at radius 3 is 2.61 bits per heavy atom. The Morgan fingerprint density at radius 1 is 1.04 bits per heavy atom. The highest BCUT2D eigenvalue weighted by Gasteiger charge is 2.23. The molecule has 0 bridgehead atoms. The van der Waals surface area contributed by atoms with Crippen LogP contribution < -0.4 is 4.74 Å². The third-order valence-corrected chi connectivity index (χ3v) is 5.40. The third-order valence-electron chi connectivity index (χ3n) is 5.40. The zero-order valence-electron chi connectivity index (χ0n) is 16.2. The van der Waals surface area contributed by atoms with E-state index in [2.05, 4.69) is 0 Å². The number of hydrogen-bond donors (Lipinski definition) is 0. The average Bonchev–Trinajstić information content (AvgIpc) is 3.44. The molecule has 1 aliphatic rings. The Kier molecular flexibility index (Phi) is 3.82. The topological polar surface area (TPSA) is 52.3 Å². The zero-order valence-corrected chi connectivity index (χ0v) is 16.2. The van der Waals surface area contributed by atoms with Crippen LogP contribution in [0, 0.1) is 32.5 Å². The normalized spacial score (nSPS) is 14.1. The summed E-state index contributed by atoms with van der Waals surface area (Å²) in [4.78, 5) is 14.2. The minimum Gasteiger partial charge on any atom is -0.477 e. The summed E-state index contributed by atoms with van der Waals surface area (Å²) in [5.74, 6) is 1.66. The van der Waals surface area contributed by atoms with Gasteiger partial charge in [0.1, 0.15) is 17.2 Å². The number of aromatic nitrogens is 4. The second-order valence-electron chi connectivity index (χ2n) is 7.56. The second kappa shape index (κ2) is 6.26. The van der Waals surface area contributed by atoms with E-state index in [9.17, 15) is 4.39 Å². The van der Waals surface area contributed by atoms with Gasteiger partial charge in [0, 0.05) is 11.6 Å². The number of fused-ring (bicyclic) bond motifs is 3. The molecule has 28 heavy (non-hydrogen) atoms. The number of pyridine rings is 1. The van der Waals surface area contributed by atoms with Crippen LogP contribution in [0.4, 0.5) is 4.39 Å². The van der Waals surface area contributed by atoms with Gasteiger partial charge in [0.2, 0.25) is 5.88 Å². The number of halogens is 1. The van der Waals surface area contributed by atoms with E-state index in [1.807, 2.05) is 36.4 Å². The van der Waals surface area contributed by atoms with Gasteiger partial charge in [0.05, 0.1) is 23.5 Å². The summed E-state index contributed by atoms with van der Waals surface area (Å²) in [6.07, 6.45) is 2.45. The molecule has 0 N–H and O–H groups in total. The zero-order chi connectivity index (χ0) is 19.4. The first kappa shape index (κ1) is 17.1. The summed E-state index contributed by atoms with van der Waals surface area (Å²) >= 11 is 0. The largest absolute Gasteiger partial charge is 0.477 e. The van der Waals surface area contributed by atoms with Gasteiger partial charge in [-0.3, -0.25) is 4.40 Å². The molecule has 0 amide bonds. The maximum absolute atomic E-state index is 14.2. The third kappa shape index (κ3) is 2.71. The van der Waals surface area contributed by atoms with Gasteiger partial charge >= 0.3 is 0 Å². The first-order valence-electron chi connectivity index (χ1n) is 9.57. The Balaban J connectivity index is 1.79. The number of rotatable bonds is 4. The number of imidazole rings is 1. The molecule has 1 aromatic carbocycles. The highest BCUT2D eigenvalue weighted by molar-refractivity contribution is 5.81. The summed E-state index contributed by atoms with van der Waals surface area (Å²) in [5, 5.41) is 0. The molecule has 1 fully saturated rings. The highest BCUT2D eigenvalue weighted by Crippen LogP contribution is 2.32. The van der Waals surface area contributed by atoms with E-state index >= 15 is 0 Å². The molecular formula is C22H21FN4O. The lowest BCUT2D eigenvalue weighted by Gasteiger charge is -2.11. The minimum atomic E-state index is -0.247. The predicted octanol–water partition coefficient (Wildman–Crippen LogP) is 4.80. The fourth-order valence-corrected chi connectivity index (χ4v) is 3.67. The van der Waals surface area contributed by atoms with Crippen LogP contribution in [0.5, 0.6) is 5.88 Å². The van der Waals surface area contributed by atoms with Crippen molar-refractivity contribution in [3.63, 3.8) is 0 Å². The maximum atomic E-state index is 14.2. The monoisotopic (exact) mass is 376 g/mol. The summed E-state index contributed by atoms with van der Waals surface area (Å²) in [6, 6.07) is 8.85. The molecule has 3 heterocycles. The molecular weight excluding hydrogens is 355 g/mol. The molecule has 3 aromatic heterocycles. The highest BCUT2D eigenvalue weighted by atomic mass is 19.1. The van der Waals surface area contributed by atoms with Crippen LogP contribution in [0.25, 0.3) is 28.1 Å². The summed E-state index contributed by atoms with van der Waals surface area (Å²) in [7, 11) is 0. The summed E-state index contributed by atoms with van der Waals surface area (Å²) in [6.45, 7) is 6.37. The van der Waals surface area contributed by atoms with E-state index in [1.54, 1.807) is 13.0 Å². The first-order valence-corrected chi connectivity index (χ1v) is 9.57. The Hall–Kier alpha value is -3.02. The molecule has 0 unspecified atom stereocenters. The van der Waals surface area contributed by atoms with E-state index in [4.69, 9.17) is 19.7 Å². The molecule has 1 aliphatic carbocycles. The van der Waals surface area contributed by atoms with Gasteiger partial charge in [-0.05, 0) is 57.2 Å². The van der Waals surface area contributed by atoms with E-state index in [-0.39, 0.29) is 5.82 Å². The van der Waals surface area contributed by atoms with Crippen molar-refractivity contribution in [2.24, 2.45) is 5.92 Å². The molecule has 0 aliphatic heterocycles. The summed E-state index contributed by atoms with van der Waals surface area (Å²) < 4.78 is 22.1. The van der Waals surface area contributed by atoms with Gasteiger partial charge in [-0.25, -0.2) is 14.4 Å². The van der Waals surface area contributed by atoms with Crippen LogP contribution in [-0.4, -0.2) is 26.0 Å². The van der Waals surface area contributed by atoms with E-state index in [0.29, 0.717) is 35.4 Å². The molecule has 0 atom stereocenters. The Labute approximate surface area is 162 Å². The maximum Gasteiger partial charge on any atom is 0.215 e. The molecule has 4 aromatic rings. The number of nitrogens with zero attached hydrogens (tertiary/aromatic N) is 4. The molecule has 1 saturated carbocycles. The molecule has 5 nitrogen and oxygen atoms in total. The summed E-state index contributed by atoms with van der Waals surface area (Å²) in [5.41, 5.74) is 5.37. The standard InChI is InChI=1S/C22H21FN4O/c1-12-16(5-4-6-17(12)23)21-25-14(3)20-13(2)24-18-9-10-19(26-22(18)27(20)21)28-11-15-7-8-15/h4-6,9-10,15H,7-8,11H2,1-3H3. The van der Waals surface area contributed by atoms with Crippen LogP contribution in [0.2, 0.25) is 0 Å². The van der Waals surface area contributed by atoms with Crippen LogP contribution in [0.1, 0.15) is 29.8 Å². The van der Waals surface area contributed by atoms with Crippen molar-refractivity contribution in [2.45, 2.75) is 33.6 Å². The van der Waals surface area contributed by atoms with E-state index in [0.717, 1.165) is 28.0 Å². The van der Waals surface area contributed by atoms with Gasteiger partial charge in [0.25, 0.3) is 0 Å². The smallest absolute Gasteiger partial charge is 0.215 e. The molecule has 0 spiro atoms. The average molecular weight is 376 g/mol. The van der Waals surface area contributed by atoms with Crippen molar-refractivity contribution in [3.8, 4) is 17.3 Å². The van der Waals surface area contributed by atoms with Crippen molar-refractivity contribution in [3.05, 3.63) is 53.1 Å². The van der Waals surface area contributed by atoms with Gasteiger partial charge in [-0.1, -0.05) is 12.1 Å². The van der Waals surface area contributed by atoms with Gasteiger partial charge in [0.15, 0.2) is 5.65 Å². The number of aryl methyl sites for hydroxylation is 2. The predicted molar refractivity (Wildman–Crippen MR) is 106 cm³/mol. The molecule has 142 valence electrons. The van der Waals surface area contributed by atoms with E-state index < -0.39 is 0 Å². The second-order valence-corrected chi connectivity index (χ2v) is 7.56. The lowest BCUT2D eigenvalue weighted by Crippen LogP contribution is -2.04. The van der Waals surface area contributed by atoms with E-state index in [1.165, 1.54) is 18.9 Å². The number of benzene rings is 1. The first-order chi connectivity index (χ1) is 13.5. The minimum absolute atomic E-state index is 0.247. The van der Waals surface area contributed by atoms with Gasteiger partial charge < -0.3 is 4.74 Å². The van der Waals surface area contributed by atoms with Crippen molar-refractivity contribution in [1.29, 1.82) is 0 Å². The fraction of sp³-hybridized carbons (Fsp3) is 0.318. The van der Waals surface area contributed by atoms with Crippen molar-refractivity contribution < 1.29 is 9.13 Å². The van der Waals surface area contributed by atoms with Crippen LogP contribution in [0.3, 0.4) is 0 Å². The van der Waals surface area contributed by atoms with Crippen LogP contribution in [0.15, 0.2) is 30.3 Å². The quantitative estimate of drug-likeness (QED) is 0.513. The van der Waals surface area contributed by atoms with Crippen molar-refractivity contribution in [1.82, 2.24) is 19.4 Å². The molecule has 5 rings (SSSR count). The van der Waals surface area contributed by atoms with Gasteiger partial charge in [-0.15, -0.1) is 0 Å². The molecule has 6 heteroatoms. The van der Waals surface area contributed by atoms with Gasteiger partial charge in [-0.2, -0.15) is 4.98 Å². The lowest BCUT2D eigenvalue weighted by molar-refractivity contribution is 0.289. The Morgan fingerprint density at radius 2 is 1.82 bits per heavy atom.